The molecule has 3 aliphatic rings. The number of anilines is 2. The Hall–Kier alpha value is -4.18. The molecule has 0 bridgehead atoms. The third kappa shape index (κ3) is 7.56. The number of pyridine rings is 2. The minimum atomic E-state index is -1.68. The molecule has 1 aliphatic heterocycles. The quantitative estimate of drug-likeness (QED) is 0.196. The van der Waals surface area contributed by atoms with E-state index in [0.29, 0.717) is 35.9 Å². The number of rotatable bonds is 8. The molecule has 0 radical (unpaired) electrons. The SMILES string of the molecule is CC(C)(C)OC(=O)N1CC(F)(c2cc(C3CC3)cn3cc(CNc4ccnc(NC=O)c4)nc23)C1.Clc1cccc(C2CC2)c1. The fourth-order valence-corrected chi connectivity index (χ4v) is 5.66. The molecule has 2 saturated carbocycles. The van der Waals surface area contributed by atoms with Gasteiger partial charge in [-0.15, -0.1) is 0 Å². The number of imidazole rings is 1. The number of halogens is 2. The van der Waals surface area contributed by atoms with Crippen molar-refractivity contribution in [2.24, 2.45) is 0 Å². The van der Waals surface area contributed by atoms with E-state index >= 15 is 4.39 Å². The first-order valence-corrected chi connectivity index (χ1v) is 15.7. The summed E-state index contributed by atoms with van der Waals surface area (Å²) >= 11 is 5.82. The number of ether oxygens (including phenoxy) is 1. The average molecular weight is 633 g/mol. The number of carbonyl (C=O) groups is 2. The van der Waals surface area contributed by atoms with E-state index in [2.05, 4.69) is 27.8 Å². The molecule has 4 heterocycles. The highest BCUT2D eigenvalue weighted by molar-refractivity contribution is 6.30. The number of aromatic nitrogens is 3. The molecule has 3 fully saturated rings. The average Bonchev–Trinajstić information content (AvgIpc) is 3.90. The summed E-state index contributed by atoms with van der Waals surface area (Å²) in [5, 5.41) is 6.65. The van der Waals surface area contributed by atoms with Crippen LogP contribution in [0.3, 0.4) is 0 Å². The van der Waals surface area contributed by atoms with Crippen molar-refractivity contribution in [1.82, 2.24) is 19.3 Å². The van der Waals surface area contributed by atoms with Gasteiger partial charge in [0.2, 0.25) is 6.41 Å². The van der Waals surface area contributed by atoms with Crippen LogP contribution in [0.5, 0.6) is 0 Å². The van der Waals surface area contributed by atoms with Crippen molar-refractivity contribution in [1.29, 1.82) is 0 Å². The Kier molecular flexibility index (Phi) is 8.43. The molecule has 11 heteroatoms. The van der Waals surface area contributed by atoms with Crippen LogP contribution >= 0.6 is 11.6 Å². The largest absolute Gasteiger partial charge is 0.444 e. The van der Waals surface area contributed by atoms with E-state index in [0.717, 1.165) is 40.7 Å². The highest BCUT2D eigenvalue weighted by Gasteiger charge is 2.50. The van der Waals surface area contributed by atoms with E-state index in [-0.39, 0.29) is 13.1 Å². The van der Waals surface area contributed by atoms with Crippen molar-refractivity contribution in [3.8, 4) is 0 Å². The number of hydrogen-bond acceptors (Lipinski definition) is 6. The summed E-state index contributed by atoms with van der Waals surface area (Å²) in [5.74, 6) is 1.70. The van der Waals surface area contributed by atoms with Crippen molar-refractivity contribution >= 4 is 41.3 Å². The number of amides is 2. The maximum atomic E-state index is 16.1. The molecular weight excluding hydrogens is 595 g/mol. The molecule has 45 heavy (non-hydrogen) atoms. The molecule has 236 valence electrons. The van der Waals surface area contributed by atoms with Crippen LogP contribution < -0.4 is 10.6 Å². The standard InChI is InChI=1S/C25H29FN6O3.C9H9Cl/c1-24(2,3)35-23(34)32-13-25(26,14-32)20-8-17(16-4-5-16)11-31-12-19(30-22(20)31)10-28-18-6-7-27-21(9-18)29-15-33;10-9-3-1-2-8(6-9)7-4-5-7/h6-9,11-12,15-16H,4-5,10,13-14H2,1-3H3,(H2,27,28,29,33);1-3,6-7H,4-5H2. The van der Waals surface area contributed by atoms with E-state index in [1.165, 1.54) is 23.3 Å². The molecule has 0 unspecified atom stereocenters. The Labute approximate surface area is 267 Å². The summed E-state index contributed by atoms with van der Waals surface area (Å²) in [5.41, 5.74) is 2.77. The van der Waals surface area contributed by atoms with Crippen LogP contribution in [0.15, 0.2) is 61.1 Å². The summed E-state index contributed by atoms with van der Waals surface area (Å²) in [6.07, 6.45) is 10.5. The van der Waals surface area contributed by atoms with Gasteiger partial charge in [0.1, 0.15) is 17.1 Å². The Morgan fingerprint density at radius 1 is 1.09 bits per heavy atom. The predicted molar refractivity (Wildman–Crippen MR) is 172 cm³/mol. The van der Waals surface area contributed by atoms with Crippen molar-refractivity contribution in [2.45, 2.75) is 76.1 Å². The fourth-order valence-electron chi connectivity index (χ4n) is 5.46. The number of carbonyl (C=O) groups excluding carboxylic acids is 2. The summed E-state index contributed by atoms with van der Waals surface area (Å²) in [6.45, 7) is 5.67. The van der Waals surface area contributed by atoms with E-state index in [9.17, 15) is 9.59 Å². The molecule has 4 aromatic rings. The van der Waals surface area contributed by atoms with Gasteiger partial charge in [-0.05, 0) is 93.7 Å². The van der Waals surface area contributed by atoms with Gasteiger partial charge in [-0.25, -0.2) is 19.2 Å². The molecule has 3 aromatic heterocycles. The molecule has 0 spiro atoms. The van der Waals surface area contributed by atoms with E-state index in [1.54, 1.807) is 39.1 Å². The van der Waals surface area contributed by atoms with Gasteiger partial charge < -0.3 is 24.7 Å². The number of likely N-dealkylation sites (tertiary alicyclic amines) is 1. The zero-order valence-corrected chi connectivity index (χ0v) is 26.5. The van der Waals surface area contributed by atoms with E-state index in [4.69, 9.17) is 21.3 Å². The zero-order chi connectivity index (χ0) is 31.8. The molecular formula is C34H38ClFN6O3. The Morgan fingerprint density at radius 2 is 1.82 bits per heavy atom. The molecule has 7 rings (SSSR count). The van der Waals surface area contributed by atoms with Crippen LogP contribution in [0.1, 0.15) is 80.7 Å². The maximum absolute atomic E-state index is 16.1. The van der Waals surface area contributed by atoms with Crippen molar-refractivity contribution in [3.05, 3.63) is 88.5 Å². The maximum Gasteiger partial charge on any atom is 0.410 e. The van der Waals surface area contributed by atoms with Gasteiger partial charge in [-0.1, -0.05) is 23.7 Å². The molecule has 0 atom stereocenters. The zero-order valence-electron chi connectivity index (χ0n) is 25.7. The van der Waals surface area contributed by atoms with Crippen LogP contribution in [-0.2, 0) is 21.7 Å². The lowest BCUT2D eigenvalue weighted by atomic mass is 9.87. The second-order valence-electron chi connectivity index (χ2n) is 13.1. The normalized spacial score (nSPS) is 17.1. The minimum Gasteiger partial charge on any atom is -0.444 e. The lowest BCUT2D eigenvalue weighted by Crippen LogP contribution is -2.59. The van der Waals surface area contributed by atoms with Gasteiger partial charge in [0.15, 0.2) is 5.67 Å². The van der Waals surface area contributed by atoms with Gasteiger partial charge >= 0.3 is 6.09 Å². The van der Waals surface area contributed by atoms with Crippen molar-refractivity contribution < 1.29 is 18.7 Å². The number of alkyl halides is 1. The first-order chi connectivity index (χ1) is 21.5. The molecule has 9 nitrogen and oxygen atoms in total. The van der Waals surface area contributed by atoms with Crippen molar-refractivity contribution in [3.63, 3.8) is 0 Å². The topological polar surface area (TPSA) is 101 Å². The first-order valence-electron chi connectivity index (χ1n) is 15.3. The van der Waals surface area contributed by atoms with E-state index in [1.807, 2.05) is 35.0 Å². The smallest absolute Gasteiger partial charge is 0.410 e. The molecule has 1 saturated heterocycles. The Balaban J connectivity index is 0.000000301. The van der Waals surface area contributed by atoms with Crippen LogP contribution in [-0.4, -0.2) is 50.5 Å². The third-order valence-electron chi connectivity index (χ3n) is 8.03. The van der Waals surface area contributed by atoms with Crippen molar-refractivity contribution in [2.75, 3.05) is 23.7 Å². The van der Waals surface area contributed by atoms with Gasteiger partial charge in [0.25, 0.3) is 0 Å². The van der Waals surface area contributed by atoms with Crippen LogP contribution in [0, 0.1) is 0 Å². The molecule has 1 aromatic carbocycles. The highest BCUT2D eigenvalue weighted by atomic mass is 35.5. The molecule has 2 N–H and O–H groups in total. The summed E-state index contributed by atoms with van der Waals surface area (Å²) in [4.78, 5) is 33.2. The second kappa shape index (κ2) is 12.3. The predicted octanol–water partition coefficient (Wildman–Crippen LogP) is 7.42. The lowest BCUT2D eigenvalue weighted by molar-refractivity contribution is -0.105. The summed E-state index contributed by atoms with van der Waals surface area (Å²) in [6, 6.07) is 13.6. The minimum absolute atomic E-state index is 0.0599. The van der Waals surface area contributed by atoms with Crippen LogP contribution in [0.25, 0.3) is 5.65 Å². The summed E-state index contributed by atoms with van der Waals surface area (Å²) in [7, 11) is 0. The first kappa shape index (κ1) is 30.8. The fraction of sp³-hybridized carbons (Fsp3) is 0.412. The van der Waals surface area contributed by atoms with Gasteiger partial charge in [0, 0.05) is 40.9 Å². The van der Waals surface area contributed by atoms with E-state index < -0.39 is 17.4 Å². The van der Waals surface area contributed by atoms with Gasteiger partial charge in [-0.3, -0.25) is 4.79 Å². The Morgan fingerprint density at radius 3 is 2.49 bits per heavy atom. The highest BCUT2D eigenvalue weighted by Crippen LogP contribution is 2.45. The number of benzene rings is 1. The molecule has 2 amide bonds. The van der Waals surface area contributed by atoms with Gasteiger partial charge in [0.05, 0.1) is 25.3 Å². The number of nitrogens with zero attached hydrogens (tertiary/aromatic N) is 4. The second-order valence-corrected chi connectivity index (χ2v) is 13.5. The van der Waals surface area contributed by atoms with Crippen LogP contribution in [0.2, 0.25) is 5.02 Å². The monoisotopic (exact) mass is 632 g/mol. The number of hydrogen-bond donors (Lipinski definition) is 2. The Bertz CT molecular complexity index is 1710. The molecule has 2 aliphatic carbocycles. The third-order valence-corrected chi connectivity index (χ3v) is 8.26. The lowest BCUT2D eigenvalue weighted by Gasteiger charge is -2.44. The summed E-state index contributed by atoms with van der Waals surface area (Å²) < 4.78 is 23.4. The van der Waals surface area contributed by atoms with Gasteiger partial charge in [-0.2, -0.15) is 0 Å². The number of nitrogens with one attached hydrogen (secondary N) is 2. The van der Waals surface area contributed by atoms with Crippen LogP contribution in [0.4, 0.5) is 20.7 Å². The number of fused-ring (bicyclic) bond motifs is 1.